The molecule has 44 heavy (non-hydrogen) atoms. The van der Waals surface area contributed by atoms with Crippen LogP contribution in [0.1, 0.15) is 49.7 Å². The number of benzene rings is 3. The number of nitrogens with zero attached hydrogens (tertiary/aromatic N) is 2. The first kappa shape index (κ1) is 31.7. The van der Waals surface area contributed by atoms with Crippen molar-refractivity contribution < 1.29 is 27.5 Å². The van der Waals surface area contributed by atoms with Crippen molar-refractivity contribution in [3.8, 4) is 11.5 Å². The Morgan fingerprint density at radius 2 is 1.68 bits per heavy atom. The lowest BCUT2D eigenvalue weighted by molar-refractivity contribution is -0.141. The van der Waals surface area contributed by atoms with Crippen LogP contribution in [0.3, 0.4) is 0 Å². The summed E-state index contributed by atoms with van der Waals surface area (Å²) in [6, 6.07) is 21.2. The van der Waals surface area contributed by atoms with E-state index in [-0.39, 0.29) is 50.6 Å². The summed E-state index contributed by atoms with van der Waals surface area (Å²) in [6.07, 6.45) is 5.75. The van der Waals surface area contributed by atoms with Crippen LogP contribution in [0.2, 0.25) is 5.02 Å². The summed E-state index contributed by atoms with van der Waals surface area (Å²) in [4.78, 5) is 29.5. The van der Waals surface area contributed by atoms with Gasteiger partial charge in [0.05, 0.1) is 11.9 Å². The molecule has 11 heteroatoms. The molecule has 0 saturated heterocycles. The fourth-order valence-corrected chi connectivity index (χ4v) is 6.97. The van der Waals surface area contributed by atoms with Crippen LogP contribution in [0.25, 0.3) is 0 Å². The number of carbonyl (C=O) groups is 2. The number of hydrogen-bond acceptors (Lipinski definition) is 6. The first-order valence-corrected chi connectivity index (χ1v) is 17.2. The number of carbonyl (C=O) groups excluding carboxylic acids is 2. The van der Waals surface area contributed by atoms with E-state index in [1.54, 1.807) is 35.2 Å². The molecule has 0 bridgehead atoms. The number of hydrogen-bond donors (Lipinski definition) is 1. The zero-order chi connectivity index (χ0) is 31.1. The van der Waals surface area contributed by atoms with Gasteiger partial charge in [0, 0.05) is 43.1 Å². The lowest BCUT2D eigenvalue weighted by Gasteiger charge is -2.33. The van der Waals surface area contributed by atoms with E-state index in [1.807, 2.05) is 42.5 Å². The van der Waals surface area contributed by atoms with Gasteiger partial charge in [-0.2, -0.15) is 0 Å². The van der Waals surface area contributed by atoms with E-state index < -0.39 is 16.1 Å². The van der Waals surface area contributed by atoms with Crippen molar-refractivity contribution in [2.24, 2.45) is 0 Å². The molecule has 1 saturated carbocycles. The Labute approximate surface area is 264 Å². The summed E-state index contributed by atoms with van der Waals surface area (Å²) < 4.78 is 37.6. The normalized spacial score (nSPS) is 15.1. The minimum Gasteiger partial charge on any atom is -0.454 e. The molecule has 1 aliphatic carbocycles. The molecule has 2 aliphatic rings. The van der Waals surface area contributed by atoms with Gasteiger partial charge in [0.1, 0.15) is 6.04 Å². The lowest BCUT2D eigenvalue weighted by Crippen LogP contribution is -2.52. The average molecular weight is 640 g/mol. The molecule has 0 radical (unpaired) electrons. The molecule has 1 N–H and O–H groups in total. The van der Waals surface area contributed by atoms with Gasteiger partial charge in [-0.05, 0) is 54.7 Å². The standard InChI is InChI=1S/C33H38ClN3O6S/c1-44(40,41)37(28-16-17-30-31(21-28)43-23-42-30)18-8-15-32(38)36(22-25-11-7-12-26(34)19-25)29(20-24-9-3-2-4-10-24)33(39)35-27-13-5-6-14-27/h2-4,7,9-12,16-17,19,21,27,29H,5-6,8,13-15,18,20,22-23H2,1H3,(H,35,39)/t29-/m0/s1. The second kappa shape index (κ2) is 14.3. The second-order valence-electron chi connectivity index (χ2n) is 11.3. The van der Waals surface area contributed by atoms with Crippen molar-refractivity contribution >= 4 is 39.1 Å². The second-order valence-corrected chi connectivity index (χ2v) is 13.7. The highest BCUT2D eigenvalue weighted by Crippen LogP contribution is 2.36. The summed E-state index contributed by atoms with van der Waals surface area (Å²) in [7, 11) is -3.66. The van der Waals surface area contributed by atoms with Gasteiger partial charge in [0.25, 0.3) is 0 Å². The maximum atomic E-state index is 14.0. The van der Waals surface area contributed by atoms with E-state index >= 15 is 0 Å². The fraction of sp³-hybridized carbons (Fsp3) is 0.394. The summed E-state index contributed by atoms with van der Waals surface area (Å²) in [5.41, 5.74) is 2.17. The Balaban J connectivity index is 1.38. The van der Waals surface area contributed by atoms with Crippen molar-refractivity contribution in [2.45, 2.75) is 63.6 Å². The molecule has 0 unspecified atom stereocenters. The fourth-order valence-electron chi connectivity index (χ4n) is 5.80. The van der Waals surface area contributed by atoms with Gasteiger partial charge in [-0.15, -0.1) is 0 Å². The van der Waals surface area contributed by atoms with E-state index in [0.717, 1.165) is 43.1 Å². The quantitative estimate of drug-likeness (QED) is 0.272. The number of halogens is 1. The van der Waals surface area contributed by atoms with Crippen LogP contribution < -0.4 is 19.1 Å². The highest BCUT2D eigenvalue weighted by atomic mass is 35.5. The highest BCUT2D eigenvalue weighted by Gasteiger charge is 2.32. The van der Waals surface area contributed by atoms with Crippen molar-refractivity contribution in [1.82, 2.24) is 10.2 Å². The molecule has 9 nitrogen and oxygen atoms in total. The third kappa shape index (κ3) is 8.24. The minimum absolute atomic E-state index is 0.0408. The Morgan fingerprint density at radius 3 is 2.41 bits per heavy atom. The SMILES string of the molecule is CS(=O)(=O)N(CCCC(=O)N(Cc1cccc(Cl)c1)[C@@H](Cc1ccccc1)C(=O)NC1CCCC1)c1ccc2c(c1)OCO2. The van der Waals surface area contributed by atoms with Crippen LogP contribution in [0.15, 0.2) is 72.8 Å². The Hall–Kier alpha value is -3.76. The minimum atomic E-state index is -3.66. The van der Waals surface area contributed by atoms with Gasteiger partial charge in [-0.1, -0.05) is 66.9 Å². The summed E-state index contributed by atoms with van der Waals surface area (Å²) in [6.45, 7) is 0.340. The van der Waals surface area contributed by atoms with E-state index in [1.165, 1.54) is 4.31 Å². The van der Waals surface area contributed by atoms with Crippen LogP contribution >= 0.6 is 11.6 Å². The Bertz CT molecular complexity index is 1560. The first-order chi connectivity index (χ1) is 21.2. The molecule has 0 aromatic heterocycles. The topological polar surface area (TPSA) is 105 Å². The first-order valence-electron chi connectivity index (χ1n) is 14.9. The number of sulfonamides is 1. The molecule has 1 atom stereocenters. The van der Waals surface area contributed by atoms with Crippen LogP contribution in [-0.4, -0.2) is 56.8 Å². The number of ether oxygens (including phenoxy) is 2. The maximum Gasteiger partial charge on any atom is 0.243 e. The number of nitrogens with one attached hydrogen (secondary N) is 1. The molecular weight excluding hydrogens is 602 g/mol. The molecule has 5 rings (SSSR count). The van der Waals surface area contributed by atoms with Crippen molar-refractivity contribution in [3.63, 3.8) is 0 Å². The van der Waals surface area contributed by atoms with E-state index in [4.69, 9.17) is 21.1 Å². The maximum absolute atomic E-state index is 14.0. The molecular formula is C33H38ClN3O6S. The summed E-state index contributed by atoms with van der Waals surface area (Å²) >= 11 is 6.29. The van der Waals surface area contributed by atoms with E-state index in [0.29, 0.717) is 28.6 Å². The van der Waals surface area contributed by atoms with Gasteiger partial charge < -0.3 is 19.7 Å². The number of amides is 2. The Morgan fingerprint density at radius 1 is 0.955 bits per heavy atom. The third-order valence-electron chi connectivity index (χ3n) is 8.01. The van der Waals surface area contributed by atoms with Gasteiger partial charge in [-0.25, -0.2) is 8.42 Å². The molecule has 1 aliphatic heterocycles. The Kier molecular flexibility index (Phi) is 10.3. The lowest BCUT2D eigenvalue weighted by atomic mass is 10.0. The van der Waals surface area contributed by atoms with Crippen LogP contribution in [0.5, 0.6) is 11.5 Å². The van der Waals surface area contributed by atoms with Crippen LogP contribution in [-0.2, 0) is 32.6 Å². The number of fused-ring (bicyclic) bond motifs is 1. The zero-order valence-corrected chi connectivity index (χ0v) is 26.4. The molecule has 1 heterocycles. The third-order valence-corrected chi connectivity index (χ3v) is 9.44. The predicted octanol–water partition coefficient (Wildman–Crippen LogP) is 5.31. The monoisotopic (exact) mass is 639 g/mol. The average Bonchev–Trinajstić information content (AvgIpc) is 3.69. The van der Waals surface area contributed by atoms with E-state index in [2.05, 4.69) is 5.32 Å². The van der Waals surface area contributed by atoms with Gasteiger partial charge in [0.15, 0.2) is 11.5 Å². The van der Waals surface area contributed by atoms with Crippen molar-refractivity contribution in [2.75, 3.05) is 23.9 Å². The predicted molar refractivity (Wildman–Crippen MR) is 170 cm³/mol. The molecule has 0 spiro atoms. The molecule has 3 aromatic rings. The molecule has 2 amide bonds. The summed E-state index contributed by atoms with van der Waals surface area (Å²) in [5, 5.41) is 3.74. The molecule has 1 fully saturated rings. The zero-order valence-electron chi connectivity index (χ0n) is 24.8. The molecule has 3 aromatic carbocycles. The van der Waals surface area contributed by atoms with Crippen LogP contribution in [0.4, 0.5) is 5.69 Å². The largest absolute Gasteiger partial charge is 0.454 e. The van der Waals surface area contributed by atoms with E-state index in [9.17, 15) is 18.0 Å². The van der Waals surface area contributed by atoms with Gasteiger partial charge in [-0.3, -0.25) is 13.9 Å². The van der Waals surface area contributed by atoms with Crippen molar-refractivity contribution in [3.05, 3.63) is 88.9 Å². The van der Waals surface area contributed by atoms with Crippen LogP contribution in [0, 0.1) is 0 Å². The van der Waals surface area contributed by atoms with Gasteiger partial charge in [0.2, 0.25) is 28.6 Å². The highest BCUT2D eigenvalue weighted by molar-refractivity contribution is 7.92. The van der Waals surface area contributed by atoms with Crippen molar-refractivity contribution in [1.29, 1.82) is 0 Å². The van der Waals surface area contributed by atoms with Gasteiger partial charge >= 0.3 is 0 Å². The molecule has 234 valence electrons. The summed E-state index contributed by atoms with van der Waals surface area (Å²) in [5.74, 6) is 0.590. The number of anilines is 1. The smallest absolute Gasteiger partial charge is 0.243 e. The number of rotatable bonds is 13.